The monoisotopic (exact) mass is 590 g/mol. The van der Waals surface area contributed by atoms with Gasteiger partial charge in [-0.1, -0.05) is 90.7 Å². The standard InChI is InChI=1S/C34H23FN2O3S2/c35-25-14-16-26(17-15-25)36-32(38)24-10-6-11-27(19-24)37-33(39)31(42-34(37)41)20-29-28-12-5-4-9-23(28)13-18-30(29)40-21-22-7-2-1-3-8-22/h1-20H,21H2,(H,36,38)/b31-20+. The summed E-state index contributed by atoms with van der Waals surface area (Å²) >= 11 is 6.82. The van der Waals surface area contributed by atoms with Crippen LogP contribution >= 0.6 is 24.0 Å². The average Bonchev–Trinajstić information content (AvgIpc) is 3.30. The van der Waals surface area contributed by atoms with E-state index in [1.165, 1.54) is 40.9 Å². The molecule has 206 valence electrons. The number of fused-ring (bicyclic) bond motifs is 1. The number of nitrogens with one attached hydrogen (secondary N) is 1. The second-order valence-electron chi connectivity index (χ2n) is 9.50. The Balaban J connectivity index is 1.29. The number of halogens is 1. The molecule has 0 aliphatic carbocycles. The van der Waals surface area contributed by atoms with Gasteiger partial charge in [0.25, 0.3) is 11.8 Å². The third kappa shape index (κ3) is 5.81. The van der Waals surface area contributed by atoms with E-state index in [1.54, 1.807) is 24.3 Å². The van der Waals surface area contributed by atoms with Crippen LogP contribution in [0.5, 0.6) is 5.75 Å². The van der Waals surface area contributed by atoms with E-state index in [-0.39, 0.29) is 11.8 Å². The lowest BCUT2D eigenvalue weighted by Gasteiger charge is -2.16. The molecule has 1 aliphatic heterocycles. The third-order valence-electron chi connectivity index (χ3n) is 6.71. The van der Waals surface area contributed by atoms with Gasteiger partial charge in [-0.2, -0.15) is 0 Å². The molecule has 6 rings (SSSR count). The summed E-state index contributed by atoms with van der Waals surface area (Å²) in [5.41, 5.74) is 3.09. The molecule has 1 aliphatic rings. The number of ether oxygens (including phenoxy) is 1. The fourth-order valence-electron chi connectivity index (χ4n) is 4.63. The highest BCUT2D eigenvalue weighted by Crippen LogP contribution is 2.39. The number of amides is 2. The van der Waals surface area contributed by atoms with Crippen molar-refractivity contribution in [3.05, 3.63) is 143 Å². The molecule has 0 unspecified atom stereocenters. The van der Waals surface area contributed by atoms with Gasteiger partial charge in [0.1, 0.15) is 18.2 Å². The summed E-state index contributed by atoms with van der Waals surface area (Å²) in [6, 6.07) is 33.9. The van der Waals surface area contributed by atoms with E-state index in [9.17, 15) is 14.0 Å². The summed E-state index contributed by atoms with van der Waals surface area (Å²) in [4.78, 5) is 28.5. The van der Waals surface area contributed by atoms with Crippen LogP contribution in [0.2, 0.25) is 0 Å². The zero-order valence-corrected chi connectivity index (χ0v) is 23.8. The van der Waals surface area contributed by atoms with Crippen molar-refractivity contribution in [3.63, 3.8) is 0 Å². The van der Waals surface area contributed by atoms with Gasteiger partial charge in [-0.05, 0) is 70.9 Å². The molecule has 8 heteroatoms. The van der Waals surface area contributed by atoms with Crippen LogP contribution in [0.1, 0.15) is 21.5 Å². The molecule has 1 saturated heterocycles. The van der Waals surface area contributed by atoms with E-state index in [4.69, 9.17) is 17.0 Å². The Labute approximate surface area is 251 Å². The fourth-order valence-corrected chi connectivity index (χ4v) is 5.91. The van der Waals surface area contributed by atoms with Gasteiger partial charge >= 0.3 is 0 Å². The largest absolute Gasteiger partial charge is 0.488 e. The average molecular weight is 591 g/mol. The van der Waals surface area contributed by atoms with Crippen molar-refractivity contribution in [2.45, 2.75) is 6.61 Å². The molecule has 5 aromatic rings. The summed E-state index contributed by atoms with van der Waals surface area (Å²) in [6.07, 6.45) is 1.83. The Morgan fingerprint density at radius 1 is 0.905 bits per heavy atom. The first-order chi connectivity index (χ1) is 20.5. The van der Waals surface area contributed by atoms with Gasteiger partial charge in [-0.25, -0.2) is 4.39 Å². The molecule has 2 amide bonds. The van der Waals surface area contributed by atoms with Gasteiger partial charge in [0.2, 0.25) is 0 Å². The molecule has 0 aromatic heterocycles. The van der Waals surface area contributed by atoms with Crippen LogP contribution in [0.3, 0.4) is 0 Å². The van der Waals surface area contributed by atoms with Crippen molar-refractivity contribution in [3.8, 4) is 5.75 Å². The van der Waals surface area contributed by atoms with Gasteiger partial charge < -0.3 is 10.1 Å². The second kappa shape index (κ2) is 12.0. The summed E-state index contributed by atoms with van der Waals surface area (Å²) in [6.45, 7) is 0.383. The molecule has 1 N–H and O–H groups in total. The van der Waals surface area contributed by atoms with Crippen molar-refractivity contribution in [2.24, 2.45) is 0 Å². The summed E-state index contributed by atoms with van der Waals surface area (Å²) < 4.78 is 19.8. The number of nitrogens with zero attached hydrogens (tertiary/aromatic N) is 1. The Bertz CT molecular complexity index is 1860. The zero-order valence-electron chi connectivity index (χ0n) is 22.1. The van der Waals surface area contributed by atoms with Crippen LogP contribution in [-0.2, 0) is 11.4 Å². The summed E-state index contributed by atoms with van der Waals surface area (Å²) in [5.74, 6) is -0.415. The lowest BCUT2D eigenvalue weighted by atomic mass is 10.0. The van der Waals surface area contributed by atoms with Crippen LogP contribution in [0.4, 0.5) is 15.8 Å². The van der Waals surface area contributed by atoms with Crippen molar-refractivity contribution in [1.82, 2.24) is 0 Å². The molecule has 42 heavy (non-hydrogen) atoms. The number of thioether (sulfide) groups is 1. The molecule has 5 nitrogen and oxygen atoms in total. The molecule has 1 heterocycles. The maximum Gasteiger partial charge on any atom is 0.270 e. The summed E-state index contributed by atoms with van der Waals surface area (Å²) in [7, 11) is 0. The highest BCUT2D eigenvalue weighted by Gasteiger charge is 2.34. The van der Waals surface area contributed by atoms with E-state index in [0.29, 0.717) is 38.5 Å². The molecule has 0 saturated carbocycles. The minimum absolute atomic E-state index is 0.289. The third-order valence-corrected chi connectivity index (χ3v) is 8.01. The first kappa shape index (κ1) is 27.4. The maximum atomic E-state index is 13.7. The van der Waals surface area contributed by atoms with E-state index in [0.717, 1.165) is 21.9 Å². The lowest BCUT2D eigenvalue weighted by Crippen LogP contribution is -2.27. The van der Waals surface area contributed by atoms with Crippen LogP contribution in [-0.4, -0.2) is 16.1 Å². The van der Waals surface area contributed by atoms with Crippen molar-refractivity contribution in [1.29, 1.82) is 0 Å². The van der Waals surface area contributed by atoms with Crippen molar-refractivity contribution < 1.29 is 18.7 Å². The SMILES string of the molecule is O=C(Nc1ccc(F)cc1)c1cccc(N2C(=O)/C(=C\c3c(OCc4ccccc4)ccc4ccccc34)SC2=S)c1. The topological polar surface area (TPSA) is 58.6 Å². The fraction of sp³-hybridized carbons (Fsp3) is 0.0294. The molecule has 0 bridgehead atoms. The number of carbonyl (C=O) groups excluding carboxylic acids is 2. The van der Waals surface area contributed by atoms with Gasteiger partial charge in [0, 0.05) is 16.8 Å². The second-order valence-corrected chi connectivity index (χ2v) is 11.2. The number of carbonyl (C=O) groups is 2. The Morgan fingerprint density at radius 3 is 2.48 bits per heavy atom. The highest BCUT2D eigenvalue weighted by atomic mass is 32.2. The minimum Gasteiger partial charge on any atom is -0.488 e. The molecular weight excluding hydrogens is 568 g/mol. The zero-order chi connectivity index (χ0) is 29.1. The summed E-state index contributed by atoms with van der Waals surface area (Å²) in [5, 5.41) is 4.71. The van der Waals surface area contributed by atoms with E-state index < -0.39 is 5.82 Å². The molecule has 0 atom stereocenters. The number of benzene rings is 5. The van der Waals surface area contributed by atoms with Crippen LogP contribution in [0.15, 0.2) is 120 Å². The predicted octanol–water partition coefficient (Wildman–Crippen LogP) is 8.22. The minimum atomic E-state index is -0.393. The quantitative estimate of drug-likeness (QED) is 0.153. The molecule has 1 fully saturated rings. The van der Waals surface area contributed by atoms with Gasteiger partial charge in [0.15, 0.2) is 4.32 Å². The molecule has 0 spiro atoms. The Morgan fingerprint density at radius 2 is 1.67 bits per heavy atom. The maximum absolute atomic E-state index is 13.7. The van der Waals surface area contributed by atoms with Crippen molar-refractivity contribution in [2.75, 3.05) is 10.2 Å². The van der Waals surface area contributed by atoms with Gasteiger partial charge in [0.05, 0.1) is 10.6 Å². The lowest BCUT2D eigenvalue weighted by molar-refractivity contribution is -0.113. The molecule has 0 radical (unpaired) electrons. The van der Waals surface area contributed by atoms with E-state index in [2.05, 4.69) is 5.32 Å². The highest BCUT2D eigenvalue weighted by molar-refractivity contribution is 8.27. The van der Waals surface area contributed by atoms with Gasteiger partial charge in [-0.15, -0.1) is 0 Å². The smallest absolute Gasteiger partial charge is 0.270 e. The predicted molar refractivity (Wildman–Crippen MR) is 171 cm³/mol. The molecule has 5 aromatic carbocycles. The van der Waals surface area contributed by atoms with Crippen LogP contribution in [0.25, 0.3) is 16.8 Å². The Kier molecular flexibility index (Phi) is 7.81. The first-order valence-electron chi connectivity index (χ1n) is 13.1. The van der Waals surface area contributed by atoms with Crippen molar-refractivity contribution >= 4 is 68.3 Å². The van der Waals surface area contributed by atoms with E-state index >= 15 is 0 Å². The number of hydrogen-bond donors (Lipinski definition) is 1. The normalized spacial score (nSPS) is 14.0. The van der Waals surface area contributed by atoms with Crippen LogP contribution < -0.4 is 15.0 Å². The van der Waals surface area contributed by atoms with Crippen LogP contribution in [0, 0.1) is 5.82 Å². The van der Waals surface area contributed by atoms with E-state index in [1.807, 2.05) is 72.8 Å². The first-order valence-corrected chi connectivity index (χ1v) is 14.3. The van der Waals surface area contributed by atoms with Gasteiger partial charge in [-0.3, -0.25) is 14.5 Å². The number of rotatable bonds is 7. The Hall–Kier alpha value is -4.79. The number of thiocarbonyl (C=S) groups is 1. The number of anilines is 2. The number of hydrogen-bond acceptors (Lipinski definition) is 5. The molecular formula is C34H23FN2O3S2.